The fourth-order valence-corrected chi connectivity index (χ4v) is 3.29. The molecule has 116 valence electrons. The van der Waals surface area contributed by atoms with Gasteiger partial charge in [0.05, 0.1) is 11.6 Å². The van der Waals surface area contributed by atoms with Crippen molar-refractivity contribution in [3.05, 3.63) is 35.9 Å². The lowest BCUT2D eigenvalue weighted by Gasteiger charge is -2.36. The molecule has 1 aliphatic rings. The largest absolute Gasteiger partial charge is 0.378 e. The second-order valence-corrected chi connectivity index (χ2v) is 6.56. The van der Waals surface area contributed by atoms with Gasteiger partial charge in [0.2, 0.25) is 5.91 Å². The molecule has 1 saturated carbocycles. The predicted molar refractivity (Wildman–Crippen MR) is 88.5 cm³/mol. The third-order valence-corrected chi connectivity index (χ3v) is 5.28. The highest BCUT2D eigenvalue weighted by Crippen LogP contribution is 2.33. The van der Waals surface area contributed by atoms with E-state index in [4.69, 9.17) is 4.74 Å². The Bertz CT molecular complexity index is 459. The van der Waals surface area contributed by atoms with Crippen LogP contribution in [0.15, 0.2) is 30.3 Å². The number of amides is 1. The summed E-state index contributed by atoms with van der Waals surface area (Å²) in [5.41, 5.74) is 0.762. The first-order chi connectivity index (χ1) is 10.1. The zero-order valence-corrected chi connectivity index (χ0v) is 14.4. The maximum atomic E-state index is 12.3. The minimum atomic E-state index is -0.360. The van der Waals surface area contributed by atoms with Gasteiger partial charge < -0.3 is 10.1 Å². The van der Waals surface area contributed by atoms with E-state index in [1.54, 1.807) is 0 Å². The van der Waals surface area contributed by atoms with Crippen molar-refractivity contribution in [2.45, 2.75) is 44.8 Å². The molecule has 1 fully saturated rings. The first-order valence-electron chi connectivity index (χ1n) is 7.61. The quantitative estimate of drug-likeness (QED) is 0.760. The summed E-state index contributed by atoms with van der Waals surface area (Å²) >= 11 is 3.53. The second kappa shape index (κ2) is 7.41. The Labute approximate surface area is 135 Å². The van der Waals surface area contributed by atoms with E-state index in [9.17, 15) is 4.79 Å². The van der Waals surface area contributed by atoms with Gasteiger partial charge in [0.15, 0.2) is 0 Å². The predicted octanol–water partition coefficient (Wildman–Crippen LogP) is 3.62. The molecule has 1 aromatic rings. The molecule has 1 aromatic carbocycles. The molecule has 0 aromatic heterocycles. The average molecular weight is 354 g/mol. The molecule has 0 radical (unpaired) electrons. The number of nitrogens with one attached hydrogen (secondary N) is 1. The fraction of sp³-hybridized carbons (Fsp3) is 0.588. The van der Waals surface area contributed by atoms with Crippen molar-refractivity contribution in [2.24, 2.45) is 5.92 Å². The topological polar surface area (TPSA) is 38.3 Å². The van der Waals surface area contributed by atoms with Crippen LogP contribution in [0.25, 0.3) is 0 Å². The van der Waals surface area contributed by atoms with E-state index in [0.29, 0.717) is 23.8 Å². The molecule has 1 aliphatic carbocycles. The van der Waals surface area contributed by atoms with E-state index in [0.717, 1.165) is 25.0 Å². The summed E-state index contributed by atoms with van der Waals surface area (Å²) in [5, 5.41) is 3.88. The van der Waals surface area contributed by atoms with Crippen LogP contribution in [0.5, 0.6) is 0 Å². The van der Waals surface area contributed by atoms with Crippen molar-refractivity contribution in [1.29, 1.82) is 0 Å². The lowest BCUT2D eigenvalue weighted by molar-refractivity contribution is -0.125. The van der Waals surface area contributed by atoms with E-state index in [1.165, 1.54) is 0 Å². The number of alkyl halides is 1. The highest BCUT2D eigenvalue weighted by molar-refractivity contribution is 9.09. The minimum absolute atomic E-state index is 0.126. The Morgan fingerprint density at radius 1 is 1.38 bits per heavy atom. The molecule has 21 heavy (non-hydrogen) atoms. The average Bonchev–Trinajstić information content (AvgIpc) is 2.46. The molecule has 1 unspecified atom stereocenters. The van der Waals surface area contributed by atoms with Crippen LogP contribution in [-0.2, 0) is 15.1 Å². The van der Waals surface area contributed by atoms with Crippen molar-refractivity contribution in [3.63, 3.8) is 0 Å². The highest BCUT2D eigenvalue weighted by atomic mass is 79.9. The van der Waals surface area contributed by atoms with Crippen molar-refractivity contribution in [1.82, 2.24) is 5.32 Å². The molecule has 0 spiro atoms. The summed E-state index contributed by atoms with van der Waals surface area (Å²) in [6.07, 6.45) is 2.98. The molecule has 1 atom stereocenters. The monoisotopic (exact) mass is 353 g/mol. The van der Waals surface area contributed by atoms with E-state index in [2.05, 4.69) is 40.3 Å². The minimum Gasteiger partial charge on any atom is -0.378 e. The Hall–Kier alpha value is -0.870. The summed E-state index contributed by atoms with van der Waals surface area (Å²) in [4.78, 5) is 12.3. The third-order valence-electron chi connectivity index (χ3n) is 4.16. The van der Waals surface area contributed by atoms with Gasteiger partial charge in [0, 0.05) is 18.4 Å². The van der Waals surface area contributed by atoms with Crippen LogP contribution in [-0.4, -0.2) is 23.9 Å². The molecule has 0 aliphatic heterocycles. The third kappa shape index (κ3) is 4.30. The summed E-state index contributed by atoms with van der Waals surface area (Å²) in [5.74, 6) is 0.595. The van der Waals surface area contributed by atoms with E-state index in [1.807, 2.05) is 25.1 Å². The van der Waals surface area contributed by atoms with Crippen LogP contribution in [0.4, 0.5) is 0 Å². The molecule has 3 nitrogen and oxygen atoms in total. The first-order valence-corrected chi connectivity index (χ1v) is 8.73. The van der Waals surface area contributed by atoms with Gasteiger partial charge in [-0.25, -0.2) is 0 Å². The number of rotatable bonds is 7. The Morgan fingerprint density at radius 3 is 2.62 bits per heavy atom. The number of hydrogen-bond acceptors (Lipinski definition) is 2. The van der Waals surface area contributed by atoms with Gasteiger partial charge >= 0.3 is 0 Å². The van der Waals surface area contributed by atoms with Crippen molar-refractivity contribution >= 4 is 21.8 Å². The molecular weight excluding hydrogens is 330 g/mol. The highest BCUT2D eigenvalue weighted by Gasteiger charge is 2.33. The van der Waals surface area contributed by atoms with Gasteiger partial charge in [-0.3, -0.25) is 4.79 Å². The zero-order chi connectivity index (χ0) is 15.3. The molecule has 1 amide bonds. The normalized spacial score (nSPS) is 24.0. The number of carbonyl (C=O) groups is 1. The SMILES string of the molecule is CCOC1CC(CC(=O)NC(C)(CBr)c2ccccc2)C1. The lowest BCUT2D eigenvalue weighted by atomic mass is 9.79. The van der Waals surface area contributed by atoms with Gasteiger partial charge in [-0.1, -0.05) is 46.3 Å². The summed E-state index contributed by atoms with van der Waals surface area (Å²) in [6, 6.07) is 10.1. The Morgan fingerprint density at radius 2 is 2.05 bits per heavy atom. The van der Waals surface area contributed by atoms with Crippen LogP contribution in [0, 0.1) is 5.92 Å². The molecule has 0 bridgehead atoms. The van der Waals surface area contributed by atoms with E-state index < -0.39 is 0 Å². The number of halogens is 1. The van der Waals surface area contributed by atoms with Gasteiger partial charge in [-0.15, -0.1) is 0 Å². The molecule has 0 saturated heterocycles. The number of ether oxygens (including phenoxy) is 1. The first kappa shape index (κ1) is 16.5. The standard InChI is InChI=1S/C17H24BrNO2/c1-3-21-15-9-13(10-15)11-16(20)19-17(2,12-18)14-7-5-4-6-8-14/h4-8,13,15H,3,9-12H2,1-2H3,(H,19,20). The maximum absolute atomic E-state index is 12.3. The number of carbonyl (C=O) groups excluding carboxylic acids is 1. The summed E-state index contributed by atoms with van der Waals surface area (Å²) < 4.78 is 5.54. The van der Waals surface area contributed by atoms with Crippen molar-refractivity contribution in [2.75, 3.05) is 11.9 Å². The smallest absolute Gasteiger partial charge is 0.220 e. The van der Waals surface area contributed by atoms with Gasteiger partial charge in [0.25, 0.3) is 0 Å². The van der Waals surface area contributed by atoms with Gasteiger partial charge in [-0.05, 0) is 38.2 Å². The van der Waals surface area contributed by atoms with Crippen molar-refractivity contribution in [3.8, 4) is 0 Å². The van der Waals surface area contributed by atoms with Gasteiger partial charge in [0.1, 0.15) is 0 Å². The molecule has 2 rings (SSSR count). The summed E-state index contributed by atoms with van der Waals surface area (Å²) in [7, 11) is 0. The fourth-order valence-electron chi connectivity index (χ4n) is 2.82. The van der Waals surface area contributed by atoms with Crippen LogP contribution >= 0.6 is 15.9 Å². The molecule has 1 N–H and O–H groups in total. The van der Waals surface area contributed by atoms with E-state index in [-0.39, 0.29) is 11.4 Å². The van der Waals surface area contributed by atoms with Gasteiger partial charge in [-0.2, -0.15) is 0 Å². The Kier molecular flexibility index (Phi) is 5.82. The maximum Gasteiger partial charge on any atom is 0.220 e. The van der Waals surface area contributed by atoms with Crippen LogP contribution in [0.2, 0.25) is 0 Å². The molecular formula is C17H24BrNO2. The number of hydrogen-bond donors (Lipinski definition) is 1. The number of benzene rings is 1. The summed E-state index contributed by atoms with van der Waals surface area (Å²) in [6.45, 7) is 4.83. The zero-order valence-electron chi connectivity index (χ0n) is 12.8. The van der Waals surface area contributed by atoms with Crippen molar-refractivity contribution < 1.29 is 9.53 Å². The molecule has 4 heteroatoms. The molecule has 0 heterocycles. The lowest BCUT2D eigenvalue weighted by Crippen LogP contribution is -2.46. The van der Waals surface area contributed by atoms with Crippen LogP contribution < -0.4 is 5.32 Å². The van der Waals surface area contributed by atoms with E-state index >= 15 is 0 Å². The second-order valence-electron chi connectivity index (χ2n) is 6.00. The van der Waals surface area contributed by atoms with Crippen LogP contribution in [0.3, 0.4) is 0 Å². The Balaban J connectivity index is 1.86. The van der Waals surface area contributed by atoms with Crippen LogP contribution in [0.1, 0.15) is 38.7 Å².